The average Bonchev–Trinajstić information content (AvgIpc) is 3.24. The van der Waals surface area contributed by atoms with Crippen LogP contribution in [0.3, 0.4) is 0 Å². The van der Waals surface area contributed by atoms with Crippen LogP contribution in [0, 0.1) is 5.41 Å². The zero-order chi connectivity index (χ0) is 24.8. The SMILES string of the molecule is CC(C)(C)[C@H](Nc1ccccc1)[C@H]1C=CC(=O)N1[C@@H](COC(=O)c1ccccc1)c1ccccc1. The lowest BCUT2D eigenvalue weighted by Crippen LogP contribution is -2.53. The molecule has 1 amide bonds. The quantitative estimate of drug-likeness (QED) is 0.420. The highest BCUT2D eigenvalue weighted by molar-refractivity contribution is 5.91. The summed E-state index contributed by atoms with van der Waals surface area (Å²) >= 11 is 0. The minimum absolute atomic E-state index is 0.0594. The summed E-state index contributed by atoms with van der Waals surface area (Å²) in [5, 5.41) is 3.66. The van der Waals surface area contributed by atoms with Gasteiger partial charge in [-0.1, -0.05) is 93.6 Å². The molecule has 0 fully saturated rings. The Morgan fingerprint density at radius 3 is 2.09 bits per heavy atom. The first-order valence-electron chi connectivity index (χ1n) is 11.9. The fourth-order valence-electron chi connectivity index (χ4n) is 4.49. The summed E-state index contributed by atoms with van der Waals surface area (Å²) in [7, 11) is 0. The second kappa shape index (κ2) is 10.6. The maximum atomic E-state index is 13.3. The van der Waals surface area contributed by atoms with E-state index >= 15 is 0 Å². The van der Waals surface area contributed by atoms with Gasteiger partial charge in [-0.2, -0.15) is 0 Å². The Bertz CT molecular complexity index is 1150. The van der Waals surface area contributed by atoms with Crippen molar-refractivity contribution < 1.29 is 14.3 Å². The van der Waals surface area contributed by atoms with Crippen LogP contribution >= 0.6 is 0 Å². The molecule has 1 heterocycles. The van der Waals surface area contributed by atoms with Crippen LogP contribution in [0.5, 0.6) is 0 Å². The molecule has 0 saturated heterocycles. The normalized spacial score (nSPS) is 17.2. The lowest BCUT2D eigenvalue weighted by molar-refractivity contribution is -0.130. The first-order chi connectivity index (χ1) is 16.8. The van der Waals surface area contributed by atoms with Gasteiger partial charge in [-0.05, 0) is 35.2 Å². The molecule has 0 aliphatic carbocycles. The Kier molecular flexibility index (Phi) is 7.35. The smallest absolute Gasteiger partial charge is 0.338 e. The topological polar surface area (TPSA) is 58.6 Å². The molecule has 5 nitrogen and oxygen atoms in total. The molecule has 0 spiro atoms. The summed E-state index contributed by atoms with van der Waals surface area (Å²) in [4.78, 5) is 27.9. The van der Waals surface area contributed by atoms with Crippen LogP contribution in [-0.4, -0.2) is 35.5 Å². The Balaban J connectivity index is 1.65. The van der Waals surface area contributed by atoms with E-state index in [0.717, 1.165) is 11.3 Å². The maximum Gasteiger partial charge on any atom is 0.338 e. The van der Waals surface area contributed by atoms with E-state index in [9.17, 15) is 9.59 Å². The molecule has 0 saturated carbocycles. The van der Waals surface area contributed by atoms with E-state index in [1.165, 1.54) is 0 Å². The van der Waals surface area contributed by atoms with Crippen molar-refractivity contribution in [2.45, 2.75) is 38.9 Å². The molecule has 5 heteroatoms. The fraction of sp³-hybridized carbons (Fsp3) is 0.267. The van der Waals surface area contributed by atoms with Gasteiger partial charge in [-0.15, -0.1) is 0 Å². The lowest BCUT2D eigenvalue weighted by atomic mass is 9.81. The molecule has 0 aromatic heterocycles. The number of anilines is 1. The van der Waals surface area contributed by atoms with E-state index in [-0.39, 0.29) is 30.0 Å². The van der Waals surface area contributed by atoms with Gasteiger partial charge in [0, 0.05) is 11.8 Å². The average molecular weight is 469 g/mol. The van der Waals surface area contributed by atoms with Gasteiger partial charge < -0.3 is 15.0 Å². The number of rotatable bonds is 8. The van der Waals surface area contributed by atoms with Crippen molar-refractivity contribution in [3.63, 3.8) is 0 Å². The molecule has 4 rings (SSSR count). The molecule has 1 aliphatic rings. The van der Waals surface area contributed by atoms with E-state index in [4.69, 9.17) is 4.74 Å². The molecule has 3 aromatic rings. The zero-order valence-electron chi connectivity index (χ0n) is 20.4. The first kappa shape index (κ1) is 24.3. The number of carbonyl (C=O) groups excluding carboxylic acids is 2. The molecule has 0 bridgehead atoms. The Morgan fingerprint density at radius 1 is 0.914 bits per heavy atom. The highest BCUT2D eigenvalue weighted by Gasteiger charge is 2.42. The van der Waals surface area contributed by atoms with Crippen molar-refractivity contribution in [3.05, 3.63) is 114 Å². The maximum absolute atomic E-state index is 13.3. The van der Waals surface area contributed by atoms with Gasteiger partial charge >= 0.3 is 5.97 Å². The van der Waals surface area contributed by atoms with Crippen molar-refractivity contribution in [1.82, 2.24) is 4.90 Å². The number of benzene rings is 3. The summed E-state index contributed by atoms with van der Waals surface area (Å²) < 4.78 is 5.76. The van der Waals surface area contributed by atoms with Crippen LogP contribution in [0.4, 0.5) is 5.69 Å². The Labute approximate surface area is 207 Å². The monoisotopic (exact) mass is 468 g/mol. The molecule has 1 aliphatic heterocycles. The largest absolute Gasteiger partial charge is 0.460 e. The highest BCUT2D eigenvalue weighted by atomic mass is 16.5. The van der Waals surface area contributed by atoms with Gasteiger partial charge in [0.25, 0.3) is 0 Å². The number of para-hydroxylation sites is 1. The minimum Gasteiger partial charge on any atom is -0.460 e. The molecule has 180 valence electrons. The molecular formula is C30H32N2O3. The van der Waals surface area contributed by atoms with E-state index in [2.05, 4.69) is 26.1 Å². The van der Waals surface area contributed by atoms with Gasteiger partial charge in [0.15, 0.2) is 0 Å². The number of hydrogen-bond donors (Lipinski definition) is 1. The first-order valence-corrected chi connectivity index (χ1v) is 11.9. The van der Waals surface area contributed by atoms with E-state index in [1.807, 2.05) is 77.7 Å². The number of ether oxygens (including phenoxy) is 1. The summed E-state index contributed by atoms with van der Waals surface area (Å²) in [6, 6.07) is 28.0. The predicted molar refractivity (Wildman–Crippen MR) is 139 cm³/mol. The lowest BCUT2D eigenvalue weighted by Gasteiger charge is -2.43. The van der Waals surface area contributed by atoms with Crippen LogP contribution in [-0.2, 0) is 9.53 Å². The van der Waals surface area contributed by atoms with Crippen LogP contribution in [0.1, 0.15) is 42.7 Å². The molecule has 0 unspecified atom stereocenters. The number of nitrogens with zero attached hydrogens (tertiary/aromatic N) is 1. The van der Waals surface area contributed by atoms with Crippen LogP contribution in [0.15, 0.2) is 103 Å². The third-order valence-corrected chi connectivity index (χ3v) is 6.28. The Hall–Kier alpha value is -3.86. The molecule has 3 aromatic carbocycles. The summed E-state index contributed by atoms with van der Waals surface area (Å²) in [6.07, 6.45) is 3.59. The van der Waals surface area contributed by atoms with Crippen molar-refractivity contribution >= 4 is 17.6 Å². The molecular weight excluding hydrogens is 436 g/mol. The Morgan fingerprint density at radius 2 is 1.49 bits per heavy atom. The predicted octanol–water partition coefficient (Wildman–Crippen LogP) is 5.88. The standard InChI is InChI=1S/C30H32N2O3/c1-30(2,3)28(31-24-17-11-6-12-18-24)25-19-20-27(33)32(25)26(22-13-7-4-8-14-22)21-35-29(34)23-15-9-5-10-16-23/h4-20,25-26,28,31H,21H2,1-3H3/t25-,26+,28-/m1/s1. The van der Waals surface area contributed by atoms with Gasteiger partial charge in [0.1, 0.15) is 6.61 Å². The zero-order valence-corrected chi connectivity index (χ0v) is 20.4. The van der Waals surface area contributed by atoms with Gasteiger partial charge in [0.2, 0.25) is 5.91 Å². The van der Waals surface area contributed by atoms with Crippen LogP contribution in [0.25, 0.3) is 0 Å². The fourth-order valence-corrected chi connectivity index (χ4v) is 4.49. The number of nitrogens with one attached hydrogen (secondary N) is 1. The van der Waals surface area contributed by atoms with Crippen molar-refractivity contribution in [1.29, 1.82) is 0 Å². The third kappa shape index (κ3) is 5.80. The second-order valence-electron chi connectivity index (χ2n) is 9.84. The number of amides is 1. The summed E-state index contributed by atoms with van der Waals surface area (Å²) in [5.74, 6) is -0.499. The van der Waals surface area contributed by atoms with Crippen molar-refractivity contribution in [2.75, 3.05) is 11.9 Å². The number of carbonyl (C=O) groups is 2. The summed E-state index contributed by atoms with van der Waals surface area (Å²) in [5.41, 5.74) is 2.23. The minimum atomic E-state index is -0.432. The second-order valence-corrected chi connectivity index (χ2v) is 9.84. The molecule has 35 heavy (non-hydrogen) atoms. The van der Waals surface area contributed by atoms with E-state index in [1.54, 1.807) is 30.3 Å². The van der Waals surface area contributed by atoms with E-state index in [0.29, 0.717) is 5.56 Å². The van der Waals surface area contributed by atoms with Crippen molar-refractivity contribution in [3.8, 4) is 0 Å². The van der Waals surface area contributed by atoms with E-state index < -0.39 is 12.0 Å². The van der Waals surface area contributed by atoms with Gasteiger partial charge in [-0.25, -0.2) is 4.79 Å². The van der Waals surface area contributed by atoms with Crippen LogP contribution in [0.2, 0.25) is 0 Å². The summed E-state index contributed by atoms with van der Waals surface area (Å²) in [6.45, 7) is 6.55. The van der Waals surface area contributed by atoms with Gasteiger partial charge in [0.05, 0.1) is 23.7 Å². The number of hydrogen-bond acceptors (Lipinski definition) is 4. The van der Waals surface area contributed by atoms with Crippen molar-refractivity contribution in [2.24, 2.45) is 5.41 Å². The molecule has 1 N–H and O–H groups in total. The molecule has 3 atom stereocenters. The number of esters is 1. The van der Waals surface area contributed by atoms with Gasteiger partial charge in [-0.3, -0.25) is 4.79 Å². The highest BCUT2D eigenvalue weighted by Crippen LogP contribution is 2.36. The van der Waals surface area contributed by atoms with Crippen LogP contribution < -0.4 is 5.32 Å². The molecule has 0 radical (unpaired) electrons. The third-order valence-electron chi connectivity index (χ3n) is 6.28.